The SMILES string of the molecule is CC(F)C1(CC(=O)O)CCS(=O)(=O)C1. The van der Waals surface area contributed by atoms with E-state index in [1.807, 2.05) is 0 Å². The van der Waals surface area contributed by atoms with Crippen LogP contribution in [0.15, 0.2) is 0 Å². The first-order chi connectivity index (χ1) is 6.27. The smallest absolute Gasteiger partial charge is 0.304 e. The predicted octanol–water partition coefficient (Wildman–Crippen LogP) is 0.624. The van der Waals surface area contributed by atoms with E-state index in [2.05, 4.69) is 0 Å². The summed E-state index contributed by atoms with van der Waals surface area (Å²) in [5, 5.41) is 8.60. The Morgan fingerprint density at radius 2 is 2.21 bits per heavy atom. The Morgan fingerprint density at radius 1 is 1.64 bits per heavy atom. The van der Waals surface area contributed by atoms with Crippen LogP contribution in [0.2, 0.25) is 0 Å². The van der Waals surface area contributed by atoms with E-state index >= 15 is 0 Å². The monoisotopic (exact) mass is 224 g/mol. The number of carboxylic acid groups (broad SMARTS) is 1. The van der Waals surface area contributed by atoms with Gasteiger partial charge in [-0.25, -0.2) is 12.8 Å². The van der Waals surface area contributed by atoms with Crippen LogP contribution in [0.4, 0.5) is 4.39 Å². The largest absolute Gasteiger partial charge is 0.481 e. The minimum absolute atomic E-state index is 0.103. The quantitative estimate of drug-likeness (QED) is 0.763. The summed E-state index contributed by atoms with van der Waals surface area (Å²) in [6, 6.07) is 0. The molecule has 1 heterocycles. The van der Waals surface area contributed by atoms with Gasteiger partial charge in [-0.2, -0.15) is 0 Å². The number of halogens is 1. The molecule has 0 amide bonds. The van der Waals surface area contributed by atoms with Crippen molar-refractivity contribution in [2.24, 2.45) is 5.41 Å². The first-order valence-electron chi connectivity index (χ1n) is 4.34. The lowest BCUT2D eigenvalue weighted by Crippen LogP contribution is -2.34. The number of rotatable bonds is 3. The van der Waals surface area contributed by atoms with Crippen LogP contribution < -0.4 is 0 Å². The Bertz CT molecular complexity index is 335. The maximum absolute atomic E-state index is 13.2. The molecule has 0 radical (unpaired) electrons. The second kappa shape index (κ2) is 3.49. The van der Waals surface area contributed by atoms with Crippen LogP contribution in [0, 0.1) is 5.41 Å². The minimum atomic E-state index is -3.25. The Labute approximate surface area is 82.0 Å². The molecular weight excluding hydrogens is 211 g/mol. The highest BCUT2D eigenvalue weighted by Gasteiger charge is 2.47. The van der Waals surface area contributed by atoms with E-state index in [1.54, 1.807) is 0 Å². The van der Waals surface area contributed by atoms with Crippen LogP contribution in [0.25, 0.3) is 0 Å². The highest BCUT2D eigenvalue weighted by atomic mass is 32.2. The third-order valence-corrected chi connectivity index (χ3v) is 4.61. The second-order valence-corrected chi connectivity index (χ2v) is 6.07. The maximum atomic E-state index is 13.2. The topological polar surface area (TPSA) is 71.4 Å². The van der Waals surface area contributed by atoms with Gasteiger partial charge in [-0.05, 0) is 13.3 Å². The Kier molecular flexibility index (Phi) is 2.85. The van der Waals surface area contributed by atoms with Crippen LogP contribution >= 0.6 is 0 Å². The summed E-state index contributed by atoms with van der Waals surface area (Å²) in [6.45, 7) is 1.23. The van der Waals surface area contributed by atoms with Crippen LogP contribution in [-0.2, 0) is 14.6 Å². The third-order valence-electron chi connectivity index (χ3n) is 2.77. The van der Waals surface area contributed by atoms with Gasteiger partial charge in [0.25, 0.3) is 0 Å². The molecule has 6 heteroatoms. The van der Waals surface area contributed by atoms with Crippen molar-refractivity contribution in [1.29, 1.82) is 0 Å². The zero-order valence-corrected chi connectivity index (χ0v) is 8.68. The van der Waals surface area contributed by atoms with E-state index in [0.717, 1.165) is 0 Å². The van der Waals surface area contributed by atoms with Crippen LogP contribution in [-0.4, -0.2) is 37.2 Å². The van der Waals surface area contributed by atoms with E-state index in [1.165, 1.54) is 6.92 Å². The fourth-order valence-electron chi connectivity index (χ4n) is 1.84. The van der Waals surface area contributed by atoms with Crippen LogP contribution in [0.1, 0.15) is 19.8 Å². The van der Waals surface area contributed by atoms with Crippen molar-refractivity contribution < 1.29 is 22.7 Å². The number of carboxylic acids is 1. The number of alkyl halides is 1. The van der Waals surface area contributed by atoms with Crippen molar-refractivity contribution in [2.75, 3.05) is 11.5 Å². The molecule has 1 aliphatic heterocycles. The van der Waals surface area contributed by atoms with Gasteiger partial charge in [0.15, 0.2) is 9.84 Å². The lowest BCUT2D eigenvalue weighted by molar-refractivity contribution is -0.140. The summed E-state index contributed by atoms with van der Waals surface area (Å²) in [6.07, 6.45) is -1.71. The van der Waals surface area contributed by atoms with Crippen molar-refractivity contribution in [3.8, 4) is 0 Å². The molecule has 0 aliphatic carbocycles. The zero-order valence-electron chi connectivity index (χ0n) is 7.86. The van der Waals surface area contributed by atoms with Gasteiger partial charge < -0.3 is 5.11 Å². The Hall–Kier alpha value is -0.650. The molecule has 0 bridgehead atoms. The molecular formula is C8H13FO4S. The van der Waals surface area contributed by atoms with E-state index < -0.39 is 33.8 Å². The maximum Gasteiger partial charge on any atom is 0.304 e. The number of hydrogen-bond acceptors (Lipinski definition) is 3. The van der Waals surface area contributed by atoms with Crippen molar-refractivity contribution in [3.63, 3.8) is 0 Å². The Balaban J connectivity index is 2.91. The van der Waals surface area contributed by atoms with Crippen molar-refractivity contribution in [1.82, 2.24) is 0 Å². The highest BCUT2D eigenvalue weighted by Crippen LogP contribution is 2.40. The molecule has 82 valence electrons. The van der Waals surface area contributed by atoms with E-state index in [0.29, 0.717) is 0 Å². The van der Waals surface area contributed by atoms with Gasteiger partial charge in [0, 0.05) is 5.41 Å². The molecule has 0 aromatic carbocycles. The van der Waals surface area contributed by atoms with Gasteiger partial charge in [-0.1, -0.05) is 0 Å². The van der Waals surface area contributed by atoms with Gasteiger partial charge in [0.1, 0.15) is 6.17 Å². The van der Waals surface area contributed by atoms with Gasteiger partial charge in [-0.15, -0.1) is 0 Å². The van der Waals surface area contributed by atoms with E-state index in [9.17, 15) is 17.6 Å². The summed E-state index contributed by atoms with van der Waals surface area (Å²) in [7, 11) is -3.25. The average Bonchev–Trinajstić information content (AvgIpc) is 2.26. The predicted molar refractivity (Wildman–Crippen MR) is 48.5 cm³/mol. The first kappa shape index (κ1) is 11.4. The molecule has 1 saturated heterocycles. The standard InChI is InChI=1S/C8H13FO4S/c1-6(9)8(4-7(10)11)2-3-14(12,13)5-8/h6H,2-5H2,1H3,(H,10,11). The first-order valence-corrected chi connectivity index (χ1v) is 6.16. The molecule has 14 heavy (non-hydrogen) atoms. The normalized spacial score (nSPS) is 32.7. The summed E-state index contributed by atoms with van der Waals surface area (Å²) in [5.41, 5.74) is -1.20. The summed E-state index contributed by atoms with van der Waals surface area (Å²) < 4.78 is 35.6. The number of hydrogen-bond donors (Lipinski definition) is 1. The molecule has 4 nitrogen and oxygen atoms in total. The minimum Gasteiger partial charge on any atom is -0.481 e. The van der Waals surface area contributed by atoms with Gasteiger partial charge >= 0.3 is 5.97 Å². The molecule has 2 unspecified atom stereocenters. The second-order valence-electron chi connectivity index (χ2n) is 3.89. The van der Waals surface area contributed by atoms with E-state index in [-0.39, 0.29) is 17.9 Å². The van der Waals surface area contributed by atoms with Crippen LogP contribution in [0.5, 0.6) is 0 Å². The van der Waals surface area contributed by atoms with Crippen LogP contribution in [0.3, 0.4) is 0 Å². The molecule has 1 aliphatic rings. The van der Waals surface area contributed by atoms with Gasteiger partial charge in [0.2, 0.25) is 0 Å². The van der Waals surface area contributed by atoms with Crippen molar-refractivity contribution in [2.45, 2.75) is 25.9 Å². The highest BCUT2D eigenvalue weighted by molar-refractivity contribution is 7.91. The summed E-state index contributed by atoms with van der Waals surface area (Å²) in [5.74, 6) is -1.59. The van der Waals surface area contributed by atoms with Crippen molar-refractivity contribution in [3.05, 3.63) is 0 Å². The molecule has 1 N–H and O–H groups in total. The molecule has 0 saturated carbocycles. The fourth-order valence-corrected chi connectivity index (χ4v) is 4.05. The number of carbonyl (C=O) groups is 1. The third kappa shape index (κ3) is 2.23. The molecule has 0 spiro atoms. The lowest BCUT2D eigenvalue weighted by atomic mass is 9.80. The molecule has 0 aromatic heterocycles. The summed E-state index contributed by atoms with van der Waals surface area (Å²) in [4.78, 5) is 10.5. The molecule has 1 rings (SSSR count). The summed E-state index contributed by atoms with van der Waals surface area (Å²) >= 11 is 0. The fraction of sp³-hybridized carbons (Fsp3) is 0.875. The lowest BCUT2D eigenvalue weighted by Gasteiger charge is -2.26. The Morgan fingerprint density at radius 3 is 2.50 bits per heavy atom. The van der Waals surface area contributed by atoms with E-state index in [4.69, 9.17) is 5.11 Å². The number of sulfone groups is 1. The number of aliphatic carboxylic acids is 1. The van der Waals surface area contributed by atoms with Gasteiger partial charge in [0.05, 0.1) is 17.9 Å². The zero-order chi connectivity index (χ0) is 11.0. The molecule has 0 aromatic rings. The van der Waals surface area contributed by atoms with Crippen molar-refractivity contribution >= 4 is 15.8 Å². The molecule has 2 atom stereocenters. The molecule has 1 fully saturated rings. The average molecular weight is 224 g/mol. The van der Waals surface area contributed by atoms with Gasteiger partial charge in [-0.3, -0.25) is 4.79 Å².